The molecule has 0 aliphatic heterocycles. The van der Waals surface area contributed by atoms with Crippen LogP contribution in [0.1, 0.15) is 31.2 Å². The van der Waals surface area contributed by atoms with Crippen LogP contribution >= 0.6 is 27.5 Å². The Balaban J connectivity index is 1.62. The molecule has 4 rings (SSSR count). The molecule has 0 radical (unpaired) electrons. The monoisotopic (exact) mass is 615 g/mol. The second-order valence-corrected chi connectivity index (χ2v) is 9.92. The summed E-state index contributed by atoms with van der Waals surface area (Å²) in [5.74, 6) is -1.17. The van der Waals surface area contributed by atoms with E-state index in [1.165, 1.54) is 36.5 Å². The van der Waals surface area contributed by atoms with Crippen molar-refractivity contribution in [3.8, 4) is 5.75 Å². The van der Waals surface area contributed by atoms with Crippen molar-refractivity contribution in [2.45, 2.75) is 19.8 Å². The van der Waals surface area contributed by atoms with Crippen molar-refractivity contribution < 1.29 is 18.8 Å². The lowest BCUT2D eigenvalue weighted by Gasteiger charge is -2.12. The molecule has 0 spiro atoms. The lowest BCUT2D eigenvalue weighted by molar-refractivity contribution is -0.385. The quantitative estimate of drug-likeness (QED) is 0.150. The van der Waals surface area contributed by atoms with Gasteiger partial charge in [-0.2, -0.15) is 9.78 Å². The molecule has 1 amide bonds. The highest BCUT2D eigenvalue weighted by Gasteiger charge is 2.22. The smallest absolute Gasteiger partial charge is 0.313 e. The average molecular weight is 617 g/mol. The van der Waals surface area contributed by atoms with E-state index in [1.54, 1.807) is 18.2 Å². The van der Waals surface area contributed by atoms with Crippen LogP contribution in [0.4, 0.5) is 15.8 Å². The largest absolute Gasteiger partial charge is 0.476 e. The number of anilines is 1. The summed E-state index contributed by atoms with van der Waals surface area (Å²) in [5, 5.41) is 18.7. The molecule has 0 unspecified atom stereocenters. The van der Waals surface area contributed by atoms with Gasteiger partial charge in [0.1, 0.15) is 11.6 Å². The molecule has 0 saturated carbocycles. The summed E-state index contributed by atoms with van der Waals surface area (Å²) in [5.41, 5.74) is 0.140. The Kier molecular flexibility index (Phi) is 8.36. The number of benzene rings is 3. The summed E-state index contributed by atoms with van der Waals surface area (Å²) in [6, 6.07) is 12.7. The van der Waals surface area contributed by atoms with Gasteiger partial charge in [-0.05, 0) is 48.5 Å². The zero-order valence-corrected chi connectivity index (χ0v) is 22.9. The van der Waals surface area contributed by atoms with E-state index < -0.39 is 34.5 Å². The molecule has 0 saturated heterocycles. The van der Waals surface area contributed by atoms with Gasteiger partial charge >= 0.3 is 5.69 Å². The van der Waals surface area contributed by atoms with E-state index in [0.717, 1.165) is 10.7 Å². The fourth-order valence-corrected chi connectivity index (χ4v) is 4.23. The van der Waals surface area contributed by atoms with Gasteiger partial charge in [0.15, 0.2) is 6.61 Å². The number of nitrogens with one attached hydrogen (secondary N) is 1. The molecular weight excluding hydrogens is 597 g/mol. The number of hydrogen-bond acceptors (Lipinski definition) is 7. The number of amides is 1. The van der Waals surface area contributed by atoms with Crippen molar-refractivity contribution in [1.29, 1.82) is 0 Å². The van der Waals surface area contributed by atoms with Crippen molar-refractivity contribution in [2.75, 3.05) is 11.9 Å². The summed E-state index contributed by atoms with van der Waals surface area (Å²) in [6.07, 6.45) is 1.25. The SMILES string of the molecule is CC(C)c1nc2ccc(Br)cc2c(=O)n1N=Cc1cc(Cl)c(OCC(=O)Nc2ccc(F)cc2)c([N+](=O)[O-])c1. The number of fused-ring (bicyclic) bond motifs is 1. The number of nitro benzene ring substituents is 1. The number of halogens is 3. The second-order valence-electron chi connectivity index (χ2n) is 8.60. The molecule has 13 heteroatoms. The number of ether oxygens (including phenoxy) is 1. The minimum atomic E-state index is -0.711. The van der Waals surface area contributed by atoms with Crippen molar-refractivity contribution in [3.05, 3.63) is 102 Å². The van der Waals surface area contributed by atoms with Gasteiger partial charge in [0.25, 0.3) is 11.5 Å². The minimum Gasteiger partial charge on any atom is -0.476 e. The number of rotatable bonds is 8. The standard InChI is InChI=1S/C26H20BrClFN5O5/c1-14(2)25-32-21-8-3-16(27)11-19(21)26(36)33(25)30-12-15-9-20(28)24(22(10-15)34(37)38)39-13-23(35)31-18-6-4-17(29)5-7-18/h3-12,14H,13H2,1-2H3,(H,31,35). The van der Waals surface area contributed by atoms with Gasteiger partial charge in [-0.1, -0.05) is 41.4 Å². The van der Waals surface area contributed by atoms with Crippen LogP contribution in [0, 0.1) is 15.9 Å². The molecule has 200 valence electrons. The number of nitrogens with zero attached hydrogens (tertiary/aromatic N) is 4. The maximum absolute atomic E-state index is 13.2. The van der Waals surface area contributed by atoms with Crippen LogP contribution in [0.15, 0.2) is 69.0 Å². The maximum Gasteiger partial charge on any atom is 0.313 e. The van der Waals surface area contributed by atoms with Gasteiger partial charge in [-0.15, -0.1) is 0 Å². The summed E-state index contributed by atoms with van der Waals surface area (Å²) in [7, 11) is 0. The average Bonchev–Trinajstić information content (AvgIpc) is 2.88. The Hall–Kier alpha value is -4.16. The van der Waals surface area contributed by atoms with Crippen LogP contribution in [0.5, 0.6) is 5.75 Å². The first-order valence-corrected chi connectivity index (χ1v) is 12.6. The molecule has 0 fully saturated rings. The number of hydrogen-bond donors (Lipinski definition) is 1. The third kappa shape index (κ3) is 6.47. The topological polar surface area (TPSA) is 129 Å². The highest BCUT2D eigenvalue weighted by molar-refractivity contribution is 9.10. The fraction of sp³-hybridized carbons (Fsp3) is 0.154. The summed E-state index contributed by atoms with van der Waals surface area (Å²) in [4.78, 5) is 41.0. The highest BCUT2D eigenvalue weighted by Crippen LogP contribution is 2.36. The molecule has 1 heterocycles. The molecule has 39 heavy (non-hydrogen) atoms. The van der Waals surface area contributed by atoms with E-state index in [9.17, 15) is 24.1 Å². The van der Waals surface area contributed by atoms with E-state index in [2.05, 4.69) is 31.3 Å². The van der Waals surface area contributed by atoms with Crippen LogP contribution in [0.25, 0.3) is 10.9 Å². The van der Waals surface area contributed by atoms with Crippen molar-refractivity contribution in [1.82, 2.24) is 9.66 Å². The Morgan fingerprint density at radius 2 is 1.97 bits per heavy atom. The van der Waals surface area contributed by atoms with Gasteiger partial charge < -0.3 is 10.1 Å². The van der Waals surface area contributed by atoms with Crippen LogP contribution in [0.2, 0.25) is 5.02 Å². The molecule has 1 N–H and O–H groups in total. The summed E-state index contributed by atoms with van der Waals surface area (Å²) >= 11 is 9.63. The van der Waals surface area contributed by atoms with Gasteiger partial charge in [-0.25, -0.2) is 9.37 Å². The summed E-state index contributed by atoms with van der Waals surface area (Å²) < 4.78 is 20.2. The second kappa shape index (κ2) is 11.7. The molecule has 0 aliphatic carbocycles. The van der Waals surface area contributed by atoms with E-state index >= 15 is 0 Å². The number of nitro groups is 1. The van der Waals surface area contributed by atoms with Gasteiger partial charge in [0, 0.05) is 27.7 Å². The maximum atomic E-state index is 13.2. The van der Waals surface area contributed by atoms with E-state index in [0.29, 0.717) is 26.9 Å². The first kappa shape index (κ1) is 27.9. The molecular formula is C26H20BrClFN5O5. The van der Waals surface area contributed by atoms with Crippen LogP contribution in [-0.4, -0.2) is 33.3 Å². The predicted octanol–water partition coefficient (Wildman–Crippen LogP) is 5.88. The first-order chi connectivity index (χ1) is 18.5. The third-order valence-corrected chi connectivity index (χ3v) is 6.16. The van der Waals surface area contributed by atoms with Crippen molar-refractivity contribution in [2.24, 2.45) is 5.10 Å². The Morgan fingerprint density at radius 3 is 2.64 bits per heavy atom. The predicted molar refractivity (Wildman–Crippen MR) is 149 cm³/mol. The van der Waals surface area contributed by atoms with E-state index in [1.807, 2.05) is 13.8 Å². The van der Waals surface area contributed by atoms with Gasteiger partial charge in [0.05, 0.1) is 27.1 Å². The van der Waals surface area contributed by atoms with Crippen molar-refractivity contribution >= 4 is 61.9 Å². The molecule has 4 aromatic rings. The molecule has 0 aliphatic rings. The first-order valence-electron chi connectivity index (χ1n) is 11.5. The zero-order chi connectivity index (χ0) is 28.3. The van der Waals surface area contributed by atoms with E-state index in [4.69, 9.17) is 16.3 Å². The van der Waals surface area contributed by atoms with Crippen LogP contribution in [0.3, 0.4) is 0 Å². The normalized spacial score (nSPS) is 11.3. The molecule has 0 bridgehead atoms. The molecule has 3 aromatic carbocycles. The lowest BCUT2D eigenvalue weighted by Crippen LogP contribution is -2.23. The fourth-order valence-electron chi connectivity index (χ4n) is 3.60. The Bertz CT molecular complexity index is 1670. The number of aromatic nitrogens is 2. The van der Waals surface area contributed by atoms with Gasteiger partial charge in [-0.3, -0.25) is 19.7 Å². The molecule has 0 atom stereocenters. The van der Waals surface area contributed by atoms with Crippen LogP contribution < -0.4 is 15.6 Å². The number of carbonyl (C=O) groups excluding carboxylic acids is 1. The Labute approximate surface area is 234 Å². The highest BCUT2D eigenvalue weighted by atomic mass is 79.9. The molecule has 1 aromatic heterocycles. The minimum absolute atomic E-state index is 0.141. The third-order valence-electron chi connectivity index (χ3n) is 5.39. The number of carbonyl (C=O) groups is 1. The molecule has 10 nitrogen and oxygen atoms in total. The van der Waals surface area contributed by atoms with E-state index in [-0.39, 0.29) is 22.3 Å². The lowest BCUT2D eigenvalue weighted by atomic mass is 10.2. The Morgan fingerprint density at radius 1 is 1.26 bits per heavy atom. The van der Waals surface area contributed by atoms with Crippen LogP contribution in [-0.2, 0) is 4.79 Å². The van der Waals surface area contributed by atoms with Gasteiger partial charge in [0.2, 0.25) is 5.75 Å². The summed E-state index contributed by atoms with van der Waals surface area (Å²) in [6.45, 7) is 3.13. The zero-order valence-electron chi connectivity index (χ0n) is 20.5. The van der Waals surface area contributed by atoms with Crippen molar-refractivity contribution in [3.63, 3.8) is 0 Å².